The van der Waals surface area contributed by atoms with E-state index in [0.717, 1.165) is 44.5 Å². The van der Waals surface area contributed by atoms with Gasteiger partial charge in [0.25, 0.3) is 0 Å². The molecule has 2 aliphatic heterocycles. The van der Waals surface area contributed by atoms with Crippen molar-refractivity contribution < 1.29 is 21.6 Å². The van der Waals surface area contributed by atoms with Crippen molar-refractivity contribution in [3.63, 3.8) is 0 Å². The fraction of sp³-hybridized carbons (Fsp3) is 0.520. The van der Waals surface area contributed by atoms with Gasteiger partial charge in [-0.15, -0.1) is 0 Å². The normalized spacial score (nSPS) is 21.8. The van der Waals surface area contributed by atoms with Crippen LogP contribution >= 0.6 is 0 Å². The first-order valence-corrected chi connectivity index (χ1v) is 15.3. The Hall–Kier alpha value is -1.98. The minimum atomic E-state index is -3.89. The highest BCUT2D eigenvalue weighted by Crippen LogP contribution is 2.24. The first kappa shape index (κ1) is 26.1. The van der Waals surface area contributed by atoms with Crippen LogP contribution < -0.4 is 9.88 Å². The number of aryl methyl sites for hydroxylation is 1. The second kappa shape index (κ2) is 11.4. The summed E-state index contributed by atoms with van der Waals surface area (Å²) in [5, 5.41) is 5.16. The van der Waals surface area contributed by atoms with Gasteiger partial charge in [-0.2, -0.15) is 4.31 Å². The maximum absolute atomic E-state index is 13.4. The SMILES string of the molecule is NS(=O)(=O)c1ccc(S(=O)(=O)N2CCCCN3CCCCC3CCc3cccc(c3)OCC2)cc1. The van der Waals surface area contributed by atoms with Gasteiger partial charge in [0.1, 0.15) is 12.4 Å². The number of hydrogen-bond acceptors (Lipinski definition) is 6. The van der Waals surface area contributed by atoms with Crippen molar-refractivity contribution in [1.82, 2.24) is 9.21 Å². The van der Waals surface area contributed by atoms with Crippen molar-refractivity contribution >= 4 is 20.0 Å². The van der Waals surface area contributed by atoms with Gasteiger partial charge in [-0.1, -0.05) is 18.6 Å². The Morgan fingerprint density at radius 3 is 2.23 bits per heavy atom. The number of primary sulfonamides is 1. The minimum absolute atomic E-state index is 0.0425. The Morgan fingerprint density at radius 2 is 1.49 bits per heavy atom. The van der Waals surface area contributed by atoms with E-state index < -0.39 is 20.0 Å². The molecule has 2 N–H and O–H groups in total. The first-order valence-electron chi connectivity index (χ1n) is 12.3. The molecule has 2 aromatic rings. The number of rotatable bonds is 3. The molecule has 4 rings (SSSR count). The van der Waals surface area contributed by atoms with Crippen molar-refractivity contribution in [2.75, 3.05) is 32.8 Å². The average molecular weight is 522 g/mol. The van der Waals surface area contributed by atoms with E-state index in [1.807, 2.05) is 12.1 Å². The third kappa shape index (κ3) is 6.83. The van der Waals surface area contributed by atoms with Crippen molar-refractivity contribution in [3.05, 3.63) is 54.1 Å². The number of piperidine rings is 1. The van der Waals surface area contributed by atoms with E-state index in [1.54, 1.807) is 0 Å². The maximum atomic E-state index is 13.4. The molecule has 0 aromatic heterocycles. The second-order valence-corrected chi connectivity index (χ2v) is 12.8. The summed E-state index contributed by atoms with van der Waals surface area (Å²) in [7, 11) is -7.72. The van der Waals surface area contributed by atoms with Gasteiger partial charge in [0.05, 0.1) is 9.79 Å². The monoisotopic (exact) mass is 521 g/mol. The number of ether oxygens (including phenoxy) is 1. The minimum Gasteiger partial charge on any atom is -0.492 e. The summed E-state index contributed by atoms with van der Waals surface area (Å²) >= 11 is 0. The number of nitrogens with two attached hydrogens (primary N) is 1. The molecule has 0 radical (unpaired) electrons. The average Bonchev–Trinajstić information content (AvgIpc) is 2.84. The van der Waals surface area contributed by atoms with Gasteiger partial charge in [-0.25, -0.2) is 22.0 Å². The highest BCUT2D eigenvalue weighted by molar-refractivity contribution is 7.89. The standard InChI is InChI=1S/C25H35N3O5S2/c26-34(29,30)24-11-13-25(14-12-24)35(31,32)28-17-4-3-16-27-15-2-1-7-22(27)10-9-21-6-5-8-23(20-21)33-19-18-28/h5-6,8,11-14,20,22H,1-4,7,9-10,15-19H2,(H2,26,29,30). The van der Waals surface area contributed by atoms with Crippen LogP contribution in [-0.4, -0.2) is 64.9 Å². The lowest BCUT2D eigenvalue weighted by atomic mass is 9.95. The van der Waals surface area contributed by atoms with Crippen LogP contribution in [0.5, 0.6) is 5.75 Å². The van der Waals surface area contributed by atoms with Crippen molar-refractivity contribution in [1.29, 1.82) is 0 Å². The Kier molecular flexibility index (Phi) is 8.49. The van der Waals surface area contributed by atoms with E-state index in [4.69, 9.17) is 9.88 Å². The predicted octanol–water partition coefficient (Wildman–Crippen LogP) is 2.98. The summed E-state index contributed by atoms with van der Waals surface area (Å²) in [4.78, 5) is 2.50. The van der Waals surface area contributed by atoms with E-state index in [2.05, 4.69) is 17.0 Å². The highest BCUT2D eigenvalue weighted by Gasteiger charge is 2.26. The molecule has 1 unspecified atom stereocenters. The van der Waals surface area contributed by atoms with Crippen LogP contribution in [0.3, 0.4) is 0 Å². The van der Waals surface area contributed by atoms with Crippen LogP contribution in [0.15, 0.2) is 58.3 Å². The van der Waals surface area contributed by atoms with Crippen LogP contribution in [0.1, 0.15) is 44.1 Å². The Balaban J connectivity index is 1.54. The largest absolute Gasteiger partial charge is 0.492 e. The maximum Gasteiger partial charge on any atom is 0.243 e. The van der Waals surface area contributed by atoms with Crippen molar-refractivity contribution in [3.8, 4) is 5.75 Å². The molecule has 2 aliphatic rings. The molecule has 35 heavy (non-hydrogen) atoms. The number of nitrogens with zero attached hydrogens (tertiary/aromatic N) is 2. The first-order chi connectivity index (χ1) is 16.7. The predicted molar refractivity (Wildman–Crippen MR) is 135 cm³/mol. The molecule has 0 amide bonds. The molecule has 8 nitrogen and oxygen atoms in total. The molecule has 0 spiro atoms. The molecule has 0 saturated carbocycles. The number of benzene rings is 2. The molecule has 2 bridgehead atoms. The molecular formula is C25H35N3O5S2. The van der Waals surface area contributed by atoms with Gasteiger partial charge < -0.3 is 9.64 Å². The quantitative estimate of drug-likeness (QED) is 0.665. The van der Waals surface area contributed by atoms with E-state index in [-0.39, 0.29) is 22.9 Å². The zero-order chi connectivity index (χ0) is 24.9. The highest BCUT2D eigenvalue weighted by atomic mass is 32.2. The number of hydrogen-bond donors (Lipinski definition) is 1. The fourth-order valence-corrected chi connectivity index (χ4v) is 6.95. The lowest BCUT2D eigenvalue weighted by Gasteiger charge is -2.36. The van der Waals surface area contributed by atoms with E-state index >= 15 is 0 Å². The molecule has 1 fully saturated rings. The van der Waals surface area contributed by atoms with E-state index in [9.17, 15) is 16.8 Å². The Labute approximate surface area is 209 Å². The van der Waals surface area contributed by atoms with Gasteiger partial charge in [-0.3, -0.25) is 0 Å². The lowest BCUT2D eigenvalue weighted by Crippen LogP contribution is -2.40. The smallest absolute Gasteiger partial charge is 0.243 e. The van der Waals surface area contributed by atoms with E-state index in [1.165, 1.54) is 53.4 Å². The van der Waals surface area contributed by atoms with Gasteiger partial charge in [0.2, 0.25) is 20.0 Å². The third-order valence-electron chi connectivity index (χ3n) is 6.92. The number of sulfonamides is 2. The molecule has 0 aliphatic carbocycles. The Morgan fingerprint density at radius 1 is 0.800 bits per heavy atom. The summed E-state index contributed by atoms with van der Waals surface area (Å²) in [5.74, 6) is 0.743. The molecule has 192 valence electrons. The summed E-state index contributed by atoms with van der Waals surface area (Å²) in [6.45, 7) is 2.88. The third-order valence-corrected chi connectivity index (χ3v) is 9.76. The molecule has 1 saturated heterocycles. The van der Waals surface area contributed by atoms with Gasteiger partial charge in [0.15, 0.2) is 0 Å². The van der Waals surface area contributed by atoms with Gasteiger partial charge >= 0.3 is 0 Å². The topological polar surface area (TPSA) is 110 Å². The van der Waals surface area contributed by atoms with Crippen LogP contribution in [0.4, 0.5) is 0 Å². The van der Waals surface area contributed by atoms with Gasteiger partial charge in [0, 0.05) is 19.1 Å². The fourth-order valence-electron chi connectivity index (χ4n) is 4.98. The molecule has 2 heterocycles. The summed E-state index contributed by atoms with van der Waals surface area (Å²) in [5.41, 5.74) is 1.24. The zero-order valence-corrected chi connectivity index (χ0v) is 21.6. The van der Waals surface area contributed by atoms with Gasteiger partial charge in [-0.05, 0) is 93.6 Å². The molecule has 10 heteroatoms. The second-order valence-electron chi connectivity index (χ2n) is 9.35. The molecule has 2 aromatic carbocycles. The van der Waals surface area contributed by atoms with Crippen LogP contribution in [0.2, 0.25) is 0 Å². The molecule has 1 atom stereocenters. The summed E-state index contributed by atoms with van der Waals surface area (Å²) in [6, 6.07) is 13.7. The lowest BCUT2D eigenvalue weighted by molar-refractivity contribution is 0.137. The zero-order valence-electron chi connectivity index (χ0n) is 20.0. The van der Waals surface area contributed by atoms with Crippen molar-refractivity contribution in [2.24, 2.45) is 5.14 Å². The van der Waals surface area contributed by atoms with Crippen LogP contribution in [-0.2, 0) is 26.5 Å². The Bertz CT molecular complexity index is 1200. The van der Waals surface area contributed by atoms with E-state index in [0.29, 0.717) is 12.6 Å². The number of fused-ring (bicyclic) bond motifs is 3. The van der Waals surface area contributed by atoms with Crippen LogP contribution in [0, 0.1) is 0 Å². The summed E-state index contributed by atoms with van der Waals surface area (Å²) in [6.07, 6.45) is 7.49. The summed E-state index contributed by atoms with van der Waals surface area (Å²) < 4.78 is 57.4. The molecular weight excluding hydrogens is 486 g/mol. The van der Waals surface area contributed by atoms with Crippen LogP contribution in [0.25, 0.3) is 0 Å². The van der Waals surface area contributed by atoms with Crippen molar-refractivity contribution in [2.45, 2.75) is 60.8 Å².